The molecule has 0 radical (unpaired) electrons. The monoisotopic (exact) mass is 246 g/mol. The molecular formula is C14H21F3. The number of hydrogen-bond donors (Lipinski definition) is 0. The van der Waals surface area contributed by atoms with Gasteiger partial charge in [-0.3, -0.25) is 0 Å². The van der Waals surface area contributed by atoms with E-state index in [9.17, 15) is 13.2 Å². The summed E-state index contributed by atoms with van der Waals surface area (Å²) in [5.74, 6) is 0. The van der Waals surface area contributed by atoms with Crippen LogP contribution >= 0.6 is 0 Å². The van der Waals surface area contributed by atoms with E-state index in [1.54, 1.807) is 13.0 Å². The van der Waals surface area contributed by atoms with E-state index in [2.05, 4.69) is 0 Å². The first-order chi connectivity index (χ1) is 7.60. The molecule has 0 atom stereocenters. The minimum absolute atomic E-state index is 0.258. The van der Waals surface area contributed by atoms with E-state index >= 15 is 0 Å². The maximum Gasteiger partial charge on any atom is 0.416 e. The molecular weight excluding hydrogens is 225 g/mol. The first kappa shape index (κ1) is 16.0. The Morgan fingerprint density at radius 2 is 1.24 bits per heavy atom. The Bertz CT molecular complexity index is 324. The summed E-state index contributed by atoms with van der Waals surface area (Å²) in [4.78, 5) is 0. The molecule has 0 nitrogen and oxygen atoms in total. The maximum absolute atomic E-state index is 12.5. The number of benzene rings is 1. The van der Waals surface area contributed by atoms with E-state index in [0.717, 1.165) is 5.56 Å². The smallest absolute Gasteiger partial charge is 0.166 e. The molecule has 0 aliphatic carbocycles. The van der Waals surface area contributed by atoms with Gasteiger partial charge in [-0.05, 0) is 30.0 Å². The van der Waals surface area contributed by atoms with Crippen LogP contribution in [0.25, 0.3) is 0 Å². The molecule has 0 spiro atoms. The van der Waals surface area contributed by atoms with Crippen LogP contribution in [0.4, 0.5) is 13.2 Å². The molecule has 17 heavy (non-hydrogen) atoms. The standard InChI is InChI=1S/C12H15F3.C2H6/c1-8-5-9(11(2,3)4)7-10(6-8)12(13,14)15;1-2/h5-7H,1-4H3;1-2H3. The highest BCUT2D eigenvalue weighted by atomic mass is 19.4. The van der Waals surface area contributed by atoms with Crippen molar-refractivity contribution in [3.05, 3.63) is 34.9 Å². The lowest BCUT2D eigenvalue weighted by Crippen LogP contribution is -2.14. The van der Waals surface area contributed by atoms with Crippen molar-refractivity contribution in [2.75, 3.05) is 0 Å². The van der Waals surface area contributed by atoms with Crippen LogP contribution in [0, 0.1) is 6.92 Å². The Hall–Kier alpha value is -0.990. The van der Waals surface area contributed by atoms with Crippen LogP contribution in [-0.4, -0.2) is 0 Å². The molecule has 3 heteroatoms. The summed E-state index contributed by atoms with van der Waals surface area (Å²) in [6.45, 7) is 11.4. The van der Waals surface area contributed by atoms with Gasteiger partial charge in [-0.15, -0.1) is 0 Å². The van der Waals surface area contributed by atoms with Gasteiger partial charge in [-0.25, -0.2) is 0 Å². The number of hydrogen-bond acceptors (Lipinski definition) is 0. The summed E-state index contributed by atoms with van der Waals surface area (Å²) in [5, 5.41) is 0. The Kier molecular flexibility index (Phi) is 5.24. The second-order valence-electron chi connectivity index (χ2n) is 4.84. The molecule has 0 heterocycles. The van der Waals surface area contributed by atoms with Gasteiger partial charge in [0.15, 0.2) is 0 Å². The third-order valence-corrected chi connectivity index (χ3v) is 2.27. The molecule has 1 aromatic rings. The molecule has 0 unspecified atom stereocenters. The average Bonchev–Trinajstić information content (AvgIpc) is 2.17. The Morgan fingerprint density at radius 3 is 1.59 bits per heavy atom. The van der Waals surface area contributed by atoms with Crippen molar-refractivity contribution < 1.29 is 13.2 Å². The summed E-state index contributed by atoms with van der Waals surface area (Å²) in [6.07, 6.45) is -4.26. The normalized spacial score (nSPS) is 11.8. The van der Waals surface area contributed by atoms with Crippen molar-refractivity contribution in [1.82, 2.24) is 0 Å². The van der Waals surface area contributed by atoms with Gasteiger partial charge >= 0.3 is 6.18 Å². The van der Waals surface area contributed by atoms with E-state index in [4.69, 9.17) is 0 Å². The summed E-state index contributed by atoms with van der Waals surface area (Å²) < 4.78 is 37.6. The second kappa shape index (κ2) is 5.56. The molecule has 0 saturated heterocycles. The van der Waals surface area contributed by atoms with Crippen LogP contribution < -0.4 is 0 Å². The Labute approximate surface area is 102 Å². The molecule has 0 fully saturated rings. The van der Waals surface area contributed by atoms with Gasteiger partial charge in [-0.1, -0.05) is 46.2 Å². The first-order valence-electron chi connectivity index (χ1n) is 5.80. The highest BCUT2D eigenvalue weighted by Crippen LogP contribution is 2.33. The molecule has 0 amide bonds. The van der Waals surface area contributed by atoms with Crippen molar-refractivity contribution in [3.8, 4) is 0 Å². The van der Waals surface area contributed by atoms with E-state index < -0.39 is 11.7 Å². The Balaban J connectivity index is 0.00000121. The van der Waals surface area contributed by atoms with Gasteiger partial charge in [0.2, 0.25) is 0 Å². The van der Waals surface area contributed by atoms with Gasteiger partial charge in [0.1, 0.15) is 0 Å². The number of halogens is 3. The maximum atomic E-state index is 12.5. The minimum Gasteiger partial charge on any atom is -0.166 e. The third-order valence-electron chi connectivity index (χ3n) is 2.27. The lowest BCUT2D eigenvalue weighted by atomic mass is 9.85. The fraction of sp³-hybridized carbons (Fsp3) is 0.571. The summed E-state index contributed by atoms with van der Waals surface area (Å²) in [5.41, 5.74) is 0.545. The zero-order valence-corrected chi connectivity index (χ0v) is 11.4. The molecule has 0 aliphatic heterocycles. The fourth-order valence-electron chi connectivity index (χ4n) is 1.38. The highest BCUT2D eigenvalue weighted by Gasteiger charge is 2.31. The summed E-state index contributed by atoms with van der Waals surface area (Å²) in [6, 6.07) is 4.21. The molecule has 1 rings (SSSR count). The molecule has 1 aromatic carbocycles. The largest absolute Gasteiger partial charge is 0.416 e. The quantitative estimate of drug-likeness (QED) is 0.579. The minimum atomic E-state index is -4.26. The second-order valence-corrected chi connectivity index (χ2v) is 4.84. The van der Waals surface area contributed by atoms with E-state index in [1.807, 2.05) is 34.6 Å². The van der Waals surface area contributed by atoms with Crippen molar-refractivity contribution in [1.29, 1.82) is 0 Å². The molecule has 0 saturated carbocycles. The first-order valence-corrected chi connectivity index (χ1v) is 5.80. The fourth-order valence-corrected chi connectivity index (χ4v) is 1.38. The van der Waals surface area contributed by atoms with E-state index in [-0.39, 0.29) is 5.41 Å². The van der Waals surface area contributed by atoms with Crippen molar-refractivity contribution in [3.63, 3.8) is 0 Å². The SMILES string of the molecule is CC.Cc1cc(C(C)(C)C)cc(C(F)(F)F)c1. The predicted octanol–water partition coefficient (Wildman–Crippen LogP) is 5.34. The van der Waals surface area contributed by atoms with Crippen LogP contribution in [0.5, 0.6) is 0 Å². The van der Waals surface area contributed by atoms with Gasteiger partial charge in [-0.2, -0.15) is 13.2 Å². The van der Waals surface area contributed by atoms with Crippen molar-refractivity contribution >= 4 is 0 Å². The van der Waals surface area contributed by atoms with Crippen molar-refractivity contribution in [2.24, 2.45) is 0 Å². The van der Waals surface area contributed by atoms with Crippen LogP contribution in [0.2, 0.25) is 0 Å². The van der Waals surface area contributed by atoms with Crippen LogP contribution in [0.1, 0.15) is 51.3 Å². The predicted molar refractivity (Wildman–Crippen MR) is 66.2 cm³/mol. The molecule has 0 aromatic heterocycles. The molecule has 0 N–H and O–H groups in total. The van der Waals surface area contributed by atoms with Gasteiger partial charge < -0.3 is 0 Å². The lowest BCUT2D eigenvalue weighted by molar-refractivity contribution is -0.137. The van der Waals surface area contributed by atoms with Crippen LogP contribution in [0.3, 0.4) is 0 Å². The van der Waals surface area contributed by atoms with Crippen LogP contribution in [-0.2, 0) is 11.6 Å². The molecule has 0 aliphatic rings. The number of rotatable bonds is 0. The zero-order valence-electron chi connectivity index (χ0n) is 11.4. The van der Waals surface area contributed by atoms with Gasteiger partial charge in [0.25, 0.3) is 0 Å². The molecule has 0 bridgehead atoms. The van der Waals surface area contributed by atoms with E-state index in [0.29, 0.717) is 5.56 Å². The zero-order chi connectivity index (χ0) is 13.9. The van der Waals surface area contributed by atoms with Crippen molar-refractivity contribution in [2.45, 2.75) is 53.1 Å². The van der Waals surface area contributed by atoms with Gasteiger partial charge in [0, 0.05) is 0 Å². The average molecular weight is 246 g/mol. The van der Waals surface area contributed by atoms with E-state index in [1.165, 1.54) is 12.1 Å². The number of aryl methyl sites for hydroxylation is 1. The number of alkyl halides is 3. The summed E-state index contributed by atoms with van der Waals surface area (Å²) in [7, 11) is 0. The van der Waals surface area contributed by atoms with Gasteiger partial charge in [0.05, 0.1) is 5.56 Å². The Morgan fingerprint density at radius 1 is 0.824 bits per heavy atom. The third kappa shape index (κ3) is 4.80. The highest BCUT2D eigenvalue weighted by molar-refractivity contribution is 5.34. The molecule has 98 valence electrons. The summed E-state index contributed by atoms with van der Waals surface area (Å²) >= 11 is 0. The van der Waals surface area contributed by atoms with Crippen LogP contribution in [0.15, 0.2) is 18.2 Å². The lowest BCUT2D eigenvalue weighted by Gasteiger charge is -2.21. The topological polar surface area (TPSA) is 0 Å².